The summed E-state index contributed by atoms with van der Waals surface area (Å²) in [6, 6.07) is 7.03. The molecule has 0 radical (unpaired) electrons. The summed E-state index contributed by atoms with van der Waals surface area (Å²) in [6.07, 6.45) is 7.04. The van der Waals surface area contributed by atoms with Crippen molar-refractivity contribution in [3.05, 3.63) is 29.8 Å². The molecule has 1 aliphatic carbocycles. The first-order valence-corrected chi connectivity index (χ1v) is 7.92. The Morgan fingerprint density at radius 1 is 1.24 bits per heavy atom. The molecular weight excluding hydrogens is 266 g/mol. The van der Waals surface area contributed by atoms with Crippen molar-refractivity contribution in [3.63, 3.8) is 0 Å². The van der Waals surface area contributed by atoms with Crippen LogP contribution in [0, 0.1) is 0 Å². The number of carboxylic acid groups (broad SMARTS) is 1. The molecule has 0 heterocycles. The minimum absolute atomic E-state index is 0.306. The molecule has 1 aliphatic rings. The van der Waals surface area contributed by atoms with Crippen molar-refractivity contribution in [1.29, 1.82) is 0 Å². The quantitative estimate of drug-likeness (QED) is 0.787. The molecule has 2 rings (SSSR count). The highest BCUT2D eigenvalue weighted by Gasteiger charge is 2.23. The van der Waals surface area contributed by atoms with Crippen LogP contribution in [0.4, 0.5) is 0 Å². The molecule has 116 valence electrons. The van der Waals surface area contributed by atoms with Crippen LogP contribution in [0.2, 0.25) is 0 Å². The van der Waals surface area contributed by atoms with Crippen LogP contribution in [0.1, 0.15) is 57.1 Å². The Kier molecular flexibility index (Phi) is 6.05. The fourth-order valence-electron chi connectivity index (χ4n) is 2.91. The number of ether oxygens (including phenoxy) is 1. The van der Waals surface area contributed by atoms with Gasteiger partial charge in [0.1, 0.15) is 11.8 Å². The van der Waals surface area contributed by atoms with Crippen LogP contribution in [0.5, 0.6) is 5.75 Å². The van der Waals surface area contributed by atoms with Crippen LogP contribution >= 0.6 is 0 Å². The summed E-state index contributed by atoms with van der Waals surface area (Å²) in [5.41, 5.74) is 0.787. The molecule has 0 aromatic heterocycles. The summed E-state index contributed by atoms with van der Waals surface area (Å²) in [6.45, 7) is 2.55. The Bertz CT molecular complexity index is 436. The molecule has 2 N–H and O–H groups in total. The third-order valence-electron chi connectivity index (χ3n) is 4.03. The summed E-state index contributed by atoms with van der Waals surface area (Å²) >= 11 is 0. The number of nitrogens with one attached hydrogen (secondary N) is 1. The van der Waals surface area contributed by atoms with Crippen LogP contribution in [-0.4, -0.2) is 23.7 Å². The lowest BCUT2D eigenvalue weighted by molar-refractivity contribution is -0.140. The van der Waals surface area contributed by atoms with E-state index in [0.717, 1.165) is 24.2 Å². The molecular formula is C17H25NO3. The summed E-state index contributed by atoms with van der Waals surface area (Å²) in [4.78, 5) is 11.6. The van der Waals surface area contributed by atoms with Gasteiger partial charge in [-0.25, -0.2) is 0 Å². The third kappa shape index (κ3) is 4.74. The van der Waals surface area contributed by atoms with E-state index >= 15 is 0 Å². The maximum Gasteiger partial charge on any atom is 0.325 e. The van der Waals surface area contributed by atoms with E-state index in [-0.39, 0.29) is 0 Å². The maximum absolute atomic E-state index is 11.6. The predicted octanol–water partition coefficient (Wildman–Crippen LogP) is 3.52. The first kappa shape index (κ1) is 15.8. The lowest BCUT2D eigenvalue weighted by atomic mass is 10.0. The van der Waals surface area contributed by atoms with Gasteiger partial charge in [-0.1, -0.05) is 37.8 Å². The molecule has 1 unspecified atom stereocenters. The molecule has 0 spiro atoms. The van der Waals surface area contributed by atoms with Crippen molar-refractivity contribution >= 4 is 5.97 Å². The largest absolute Gasteiger partial charge is 0.494 e. The Hall–Kier alpha value is -1.55. The molecule has 0 bridgehead atoms. The summed E-state index contributed by atoms with van der Waals surface area (Å²) in [5.74, 6) is -0.0386. The number of benzene rings is 1. The second-order valence-corrected chi connectivity index (χ2v) is 5.63. The molecule has 1 aromatic rings. The number of carbonyl (C=O) groups is 1. The molecule has 1 atom stereocenters. The SMILES string of the molecule is CCOc1ccc(C(NC2CCCCCC2)C(=O)O)cc1. The first-order chi connectivity index (χ1) is 10.2. The first-order valence-electron chi connectivity index (χ1n) is 7.92. The smallest absolute Gasteiger partial charge is 0.325 e. The fourth-order valence-corrected chi connectivity index (χ4v) is 2.91. The van der Waals surface area contributed by atoms with Gasteiger partial charge in [0.2, 0.25) is 0 Å². The lowest BCUT2D eigenvalue weighted by Crippen LogP contribution is -2.36. The van der Waals surface area contributed by atoms with Gasteiger partial charge in [-0.15, -0.1) is 0 Å². The molecule has 0 saturated heterocycles. The van der Waals surface area contributed by atoms with E-state index in [2.05, 4.69) is 5.32 Å². The summed E-state index contributed by atoms with van der Waals surface area (Å²) < 4.78 is 5.40. The minimum Gasteiger partial charge on any atom is -0.494 e. The average molecular weight is 291 g/mol. The molecule has 1 fully saturated rings. The number of aliphatic carboxylic acids is 1. The van der Waals surface area contributed by atoms with Gasteiger partial charge in [0.05, 0.1) is 6.61 Å². The van der Waals surface area contributed by atoms with Crippen LogP contribution in [0.15, 0.2) is 24.3 Å². The second kappa shape index (κ2) is 8.03. The Labute approximate surface area is 126 Å². The normalized spacial score (nSPS) is 18.0. The van der Waals surface area contributed by atoms with Crippen LogP contribution < -0.4 is 10.1 Å². The van der Waals surface area contributed by atoms with Crippen molar-refractivity contribution in [1.82, 2.24) is 5.32 Å². The molecule has 4 heteroatoms. The summed E-state index contributed by atoms with van der Waals surface area (Å²) in [7, 11) is 0. The highest BCUT2D eigenvalue weighted by Crippen LogP contribution is 2.23. The van der Waals surface area contributed by atoms with Crippen LogP contribution in [-0.2, 0) is 4.79 Å². The van der Waals surface area contributed by atoms with E-state index in [1.54, 1.807) is 0 Å². The van der Waals surface area contributed by atoms with Crippen molar-refractivity contribution in [2.75, 3.05) is 6.61 Å². The monoisotopic (exact) mass is 291 g/mol. The Morgan fingerprint density at radius 2 is 1.86 bits per heavy atom. The topological polar surface area (TPSA) is 58.6 Å². The van der Waals surface area contributed by atoms with Gasteiger partial charge in [0, 0.05) is 6.04 Å². The van der Waals surface area contributed by atoms with Gasteiger partial charge < -0.3 is 9.84 Å². The van der Waals surface area contributed by atoms with Gasteiger partial charge >= 0.3 is 5.97 Å². The van der Waals surface area contributed by atoms with E-state index in [1.807, 2.05) is 31.2 Å². The van der Waals surface area contributed by atoms with E-state index in [1.165, 1.54) is 25.7 Å². The van der Waals surface area contributed by atoms with Gasteiger partial charge in [-0.05, 0) is 37.5 Å². The Balaban J connectivity index is 2.05. The molecule has 0 aliphatic heterocycles. The molecule has 1 saturated carbocycles. The van der Waals surface area contributed by atoms with Crippen molar-refractivity contribution in [2.24, 2.45) is 0 Å². The van der Waals surface area contributed by atoms with E-state index < -0.39 is 12.0 Å². The number of hydrogen-bond acceptors (Lipinski definition) is 3. The average Bonchev–Trinajstić information content (AvgIpc) is 2.74. The third-order valence-corrected chi connectivity index (χ3v) is 4.03. The van der Waals surface area contributed by atoms with Gasteiger partial charge in [-0.3, -0.25) is 10.1 Å². The molecule has 21 heavy (non-hydrogen) atoms. The van der Waals surface area contributed by atoms with Gasteiger partial charge in [-0.2, -0.15) is 0 Å². The second-order valence-electron chi connectivity index (χ2n) is 5.63. The van der Waals surface area contributed by atoms with Crippen LogP contribution in [0.25, 0.3) is 0 Å². The summed E-state index contributed by atoms with van der Waals surface area (Å²) in [5, 5.41) is 12.8. The minimum atomic E-state index is -0.816. The van der Waals surface area contributed by atoms with Gasteiger partial charge in [0.25, 0.3) is 0 Å². The zero-order valence-corrected chi connectivity index (χ0v) is 12.7. The molecule has 4 nitrogen and oxygen atoms in total. The van der Waals surface area contributed by atoms with Crippen molar-refractivity contribution in [2.45, 2.75) is 57.5 Å². The Morgan fingerprint density at radius 3 is 2.38 bits per heavy atom. The van der Waals surface area contributed by atoms with Gasteiger partial charge in [0.15, 0.2) is 0 Å². The van der Waals surface area contributed by atoms with Crippen molar-refractivity contribution < 1.29 is 14.6 Å². The van der Waals surface area contributed by atoms with E-state index in [4.69, 9.17) is 4.74 Å². The highest BCUT2D eigenvalue weighted by atomic mass is 16.5. The predicted molar refractivity (Wildman–Crippen MR) is 82.6 cm³/mol. The van der Waals surface area contributed by atoms with Crippen LogP contribution in [0.3, 0.4) is 0 Å². The maximum atomic E-state index is 11.6. The standard InChI is InChI=1S/C17H25NO3/c1-2-21-15-11-9-13(10-12-15)16(17(19)20)18-14-7-5-3-4-6-8-14/h9-12,14,16,18H,2-8H2,1H3,(H,19,20). The zero-order valence-electron chi connectivity index (χ0n) is 12.7. The number of rotatable bonds is 6. The molecule has 1 aromatic carbocycles. The highest BCUT2D eigenvalue weighted by molar-refractivity contribution is 5.75. The van der Waals surface area contributed by atoms with E-state index in [0.29, 0.717) is 12.6 Å². The molecule has 0 amide bonds. The van der Waals surface area contributed by atoms with Crippen molar-refractivity contribution in [3.8, 4) is 5.75 Å². The fraction of sp³-hybridized carbons (Fsp3) is 0.588. The zero-order chi connectivity index (χ0) is 15.1. The number of carboxylic acids is 1. The van der Waals surface area contributed by atoms with E-state index in [9.17, 15) is 9.90 Å². The lowest BCUT2D eigenvalue weighted by Gasteiger charge is -2.22. The number of hydrogen-bond donors (Lipinski definition) is 2.